The van der Waals surface area contributed by atoms with Crippen LogP contribution in [0.2, 0.25) is 0 Å². The average molecular weight is 269 g/mol. The van der Waals surface area contributed by atoms with E-state index in [4.69, 9.17) is 0 Å². The third-order valence-electron chi connectivity index (χ3n) is 3.37. The van der Waals surface area contributed by atoms with Crippen LogP contribution in [0.25, 0.3) is 11.1 Å². The van der Waals surface area contributed by atoms with Crippen molar-refractivity contribution in [2.45, 2.75) is 11.3 Å². The third kappa shape index (κ3) is 2.26. The number of amides is 1. The van der Waals surface area contributed by atoms with E-state index in [1.165, 1.54) is 4.90 Å². The van der Waals surface area contributed by atoms with Crippen LogP contribution < -0.4 is 4.90 Å². The zero-order valence-corrected chi connectivity index (χ0v) is 11.6. The van der Waals surface area contributed by atoms with Crippen LogP contribution in [0.1, 0.15) is 6.42 Å². The molecule has 19 heavy (non-hydrogen) atoms. The van der Waals surface area contributed by atoms with Crippen molar-refractivity contribution in [3.05, 3.63) is 48.5 Å². The Kier molecular flexibility index (Phi) is 3.30. The monoisotopic (exact) mass is 269 g/mol. The van der Waals surface area contributed by atoms with Gasteiger partial charge in [-0.25, -0.2) is 0 Å². The fourth-order valence-corrected chi connectivity index (χ4v) is 3.43. The van der Waals surface area contributed by atoms with E-state index < -0.39 is 0 Å². The lowest BCUT2D eigenvalue weighted by atomic mass is 10.0. The summed E-state index contributed by atoms with van der Waals surface area (Å²) >= 11 is 1.76. The second-order valence-electron chi connectivity index (χ2n) is 4.57. The van der Waals surface area contributed by atoms with Gasteiger partial charge in [-0.1, -0.05) is 42.5 Å². The molecule has 0 aromatic heterocycles. The number of benzene rings is 2. The first kappa shape index (κ1) is 12.3. The minimum absolute atomic E-state index is 0.189. The van der Waals surface area contributed by atoms with Crippen LogP contribution in [0.5, 0.6) is 0 Å². The summed E-state index contributed by atoms with van der Waals surface area (Å²) in [7, 11) is 1.87. The van der Waals surface area contributed by atoms with Crippen molar-refractivity contribution in [1.82, 2.24) is 0 Å². The molecule has 2 aromatic rings. The van der Waals surface area contributed by atoms with Gasteiger partial charge in [-0.05, 0) is 11.6 Å². The highest BCUT2D eigenvalue weighted by molar-refractivity contribution is 7.99. The van der Waals surface area contributed by atoms with Crippen molar-refractivity contribution >= 4 is 23.4 Å². The van der Waals surface area contributed by atoms with E-state index in [1.54, 1.807) is 16.7 Å². The number of thioether (sulfide) groups is 1. The first-order valence-corrected chi connectivity index (χ1v) is 7.34. The Morgan fingerprint density at radius 3 is 2.63 bits per heavy atom. The lowest BCUT2D eigenvalue weighted by Crippen LogP contribution is -2.26. The predicted octanol–water partition coefficient (Wildman–Crippen LogP) is 3.81. The minimum atomic E-state index is 0.189. The summed E-state index contributed by atoms with van der Waals surface area (Å²) in [6, 6.07) is 16.5. The molecule has 1 aliphatic rings. The number of fused-ring (bicyclic) bond motifs is 1. The standard InChI is InChI=1S/C16H15NOS/c1-17-15(18)10-11-19-14-9-5-8-13(16(14)17)12-6-3-2-4-7-12/h2-9H,10-11H2,1H3. The molecule has 0 unspecified atom stereocenters. The number of rotatable bonds is 1. The molecule has 0 saturated carbocycles. The van der Waals surface area contributed by atoms with Gasteiger partial charge in [-0.3, -0.25) is 4.79 Å². The highest BCUT2D eigenvalue weighted by atomic mass is 32.2. The zero-order valence-electron chi connectivity index (χ0n) is 10.8. The molecule has 0 aliphatic carbocycles. The van der Waals surface area contributed by atoms with E-state index in [-0.39, 0.29) is 5.91 Å². The molecular weight excluding hydrogens is 254 g/mol. The summed E-state index contributed by atoms with van der Waals surface area (Å²) in [6.45, 7) is 0. The number of carbonyl (C=O) groups excluding carboxylic acids is 1. The number of nitrogens with zero attached hydrogens (tertiary/aromatic N) is 1. The van der Waals surface area contributed by atoms with Gasteiger partial charge in [0.1, 0.15) is 0 Å². The molecule has 0 N–H and O–H groups in total. The second kappa shape index (κ2) is 5.10. The van der Waals surface area contributed by atoms with E-state index >= 15 is 0 Å². The summed E-state index contributed by atoms with van der Waals surface area (Å²) in [5.74, 6) is 1.05. The number of hydrogen-bond donors (Lipinski definition) is 0. The van der Waals surface area contributed by atoms with Gasteiger partial charge in [0.25, 0.3) is 0 Å². The maximum atomic E-state index is 12.1. The molecule has 3 rings (SSSR count). The van der Waals surface area contributed by atoms with Gasteiger partial charge in [0, 0.05) is 29.7 Å². The second-order valence-corrected chi connectivity index (χ2v) is 5.71. The molecule has 0 atom stereocenters. The summed E-state index contributed by atoms with van der Waals surface area (Å²) in [6.07, 6.45) is 0.601. The van der Waals surface area contributed by atoms with E-state index in [1.807, 2.05) is 25.2 Å². The van der Waals surface area contributed by atoms with Gasteiger partial charge in [0.15, 0.2) is 0 Å². The lowest BCUT2D eigenvalue weighted by molar-refractivity contribution is -0.117. The summed E-state index contributed by atoms with van der Waals surface area (Å²) in [5, 5.41) is 0. The van der Waals surface area contributed by atoms with Crippen molar-refractivity contribution in [2.24, 2.45) is 0 Å². The van der Waals surface area contributed by atoms with Crippen molar-refractivity contribution < 1.29 is 4.79 Å². The number of hydrogen-bond acceptors (Lipinski definition) is 2. The molecule has 0 spiro atoms. The Balaban J connectivity index is 2.20. The van der Waals surface area contributed by atoms with Crippen LogP contribution in [-0.2, 0) is 4.79 Å². The van der Waals surface area contributed by atoms with Crippen LogP contribution in [0, 0.1) is 0 Å². The van der Waals surface area contributed by atoms with Gasteiger partial charge in [-0.2, -0.15) is 0 Å². The van der Waals surface area contributed by atoms with Crippen molar-refractivity contribution in [1.29, 1.82) is 0 Å². The fourth-order valence-electron chi connectivity index (χ4n) is 2.38. The molecule has 1 aliphatic heterocycles. The SMILES string of the molecule is CN1C(=O)CCSc2cccc(-c3ccccc3)c21. The third-order valence-corrected chi connectivity index (χ3v) is 4.42. The van der Waals surface area contributed by atoms with Gasteiger partial charge in [0.05, 0.1) is 5.69 Å². The number of carbonyl (C=O) groups is 1. The van der Waals surface area contributed by atoms with Crippen LogP contribution in [0.4, 0.5) is 5.69 Å². The Morgan fingerprint density at radius 2 is 1.84 bits per heavy atom. The smallest absolute Gasteiger partial charge is 0.227 e. The highest BCUT2D eigenvalue weighted by Gasteiger charge is 2.22. The Morgan fingerprint density at radius 1 is 1.05 bits per heavy atom. The molecule has 1 heterocycles. The lowest BCUT2D eigenvalue weighted by Gasteiger charge is -2.21. The van der Waals surface area contributed by atoms with Crippen LogP contribution in [-0.4, -0.2) is 18.7 Å². The quantitative estimate of drug-likeness (QED) is 0.784. The molecular formula is C16H15NOS. The van der Waals surface area contributed by atoms with Crippen LogP contribution in [0.3, 0.4) is 0 Å². The van der Waals surface area contributed by atoms with E-state index in [0.29, 0.717) is 6.42 Å². The summed E-state index contributed by atoms with van der Waals surface area (Å²) in [5.41, 5.74) is 3.33. The molecule has 2 aromatic carbocycles. The molecule has 96 valence electrons. The number of anilines is 1. The minimum Gasteiger partial charge on any atom is -0.314 e. The summed E-state index contributed by atoms with van der Waals surface area (Å²) in [4.78, 5) is 15.1. The van der Waals surface area contributed by atoms with Crippen LogP contribution in [0.15, 0.2) is 53.4 Å². The molecule has 3 heteroatoms. The molecule has 0 fully saturated rings. The normalized spacial score (nSPS) is 15.0. The van der Waals surface area contributed by atoms with Crippen molar-refractivity contribution in [3.8, 4) is 11.1 Å². The summed E-state index contributed by atoms with van der Waals surface area (Å²) < 4.78 is 0. The molecule has 0 saturated heterocycles. The molecule has 0 bridgehead atoms. The zero-order chi connectivity index (χ0) is 13.2. The Hall–Kier alpha value is -1.74. The first-order valence-electron chi connectivity index (χ1n) is 6.35. The topological polar surface area (TPSA) is 20.3 Å². The first-order chi connectivity index (χ1) is 9.27. The van der Waals surface area contributed by atoms with Crippen molar-refractivity contribution in [2.75, 3.05) is 17.7 Å². The predicted molar refractivity (Wildman–Crippen MR) is 80.6 cm³/mol. The Labute approximate surface area is 117 Å². The van der Waals surface area contributed by atoms with Gasteiger partial charge in [0.2, 0.25) is 5.91 Å². The fraction of sp³-hybridized carbons (Fsp3) is 0.188. The van der Waals surface area contributed by atoms with E-state index in [2.05, 4.69) is 30.3 Å². The number of para-hydroxylation sites is 1. The molecule has 2 nitrogen and oxygen atoms in total. The highest BCUT2D eigenvalue weighted by Crippen LogP contribution is 2.40. The van der Waals surface area contributed by atoms with Gasteiger partial charge < -0.3 is 4.90 Å². The maximum absolute atomic E-state index is 12.1. The Bertz CT molecular complexity index is 609. The van der Waals surface area contributed by atoms with Gasteiger partial charge >= 0.3 is 0 Å². The van der Waals surface area contributed by atoms with E-state index in [0.717, 1.165) is 22.6 Å². The molecule has 0 radical (unpaired) electrons. The average Bonchev–Trinajstić information content (AvgIpc) is 2.60. The van der Waals surface area contributed by atoms with Crippen molar-refractivity contribution in [3.63, 3.8) is 0 Å². The van der Waals surface area contributed by atoms with Crippen LogP contribution >= 0.6 is 11.8 Å². The van der Waals surface area contributed by atoms with Gasteiger partial charge in [-0.15, -0.1) is 11.8 Å². The molecule has 1 amide bonds. The maximum Gasteiger partial charge on any atom is 0.227 e. The largest absolute Gasteiger partial charge is 0.314 e. The van der Waals surface area contributed by atoms with E-state index in [9.17, 15) is 4.79 Å².